The fourth-order valence-corrected chi connectivity index (χ4v) is 2.08. The minimum absolute atomic E-state index is 0.150. The van der Waals surface area contributed by atoms with Gasteiger partial charge in [0, 0.05) is 6.61 Å². The molecule has 15 heavy (non-hydrogen) atoms. The van der Waals surface area contributed by atoms with Gasteiger partial charge in [0.25, 0.3) is 0 Å². The lowest BCUT2D eigenvalue weighted by Crippen LogP contribution is -2.04. The van der Waals surface area contributed by atoms with Gasteiger partial charge < -0.3 is 14.6 Å². The number of aliphatic hydroxyl groups is 1. The Kier molecular flexibility index (Phi) is 4.71. The van der Waals surface area contributed by atoms with Crippen molar-refractivity contribution in [2.75, 3.05) is 12.4 Å². The smallest absolute Gasteiger partial charge is 0.339 e. The number of carboxylic acid groups (broad SMARTS) is 1. The maximum absolute atomic E-state index is 10.7. The summed E-state index contributed by atoms with van der Waals surface area (Å²) >= 11 is 1.56. The molecule has 1 aromatic rings. The Bertz CT molecular complexity index is 321. The molecule has 0 aliphatic heterocycles. The van der Waals surface area contributed by atoms with E-state index in [9.17, 15) is 4.79 Å². The Morgan fingerprint density at radius 2 is 2.40 bits per heavy atom. The van der Waals surface area contributed by atoms with Gasteiger partial charge >= 0.3 is 5.97 Å². The van der Waals surface area contributed by atoms with Crippen LogP contribution in [0.1, 0.15) is 23.0 Å². The van der Waals surface area contributed by atoms with Crippen molar-refractivity contribution in [2.24, 2.45) is 5.92 Å². The molecule has 0 aliphatic carbocycles. The highest BCUT2D eigenvalue weighted by Gasteiger charge is 2.13. The van der Waals surface area contributed by atoms with Gasteiger partial charge in [0.05, 0.1) is 12.0 Å². The topological polar surface area (TPSA) is 70.7 Å². The molecule has 1 heterocycles. The van der Waals surface area contributed by atoms with Crippen molar-refractivity contribution in [3.05, 3.63) is 23.7 Å². The summed E-state index contributed by atoms with van der Waals surface area (Å²) in [7, 11) is 0. The van der Waals surface area contributed by atoms with E-state index in [1.165, 1.54) is 12.3 Å². The summed E-state index contributed by atoms with van der Waals surface area (Å²) < 4.78 is 5.08. The fourth-order valence-electron chi connectivity index (χ4n) is 1.05. The number of carbonyl (C=O) groups is 1. The molecule has 1 unspecified atom stereocenters. The number of hydrogen-bond donors (Lipinski definition) is 2. The van der Waals surface area contributed by atoms with Gasteiger partial charge in [0.15, 0.2) is 0 Å². The number of hydrogen-bond acceptors (Lipinski definition) is 4. The van der Waals surface area contributed by atoms with Gasteiger partial charge in [-0.15, -0.1) is 0 Å². The molecule has 84 valence electrons. The number of furan rings is 1. The molecule has 1 atom stereocenters. The highest BCUT2D eigenvalue weighted by atomic mass is 32.2. The Balaban J connectivity index is 2.44. The van der Waals surface area contributed by atoms with E-state index in [0.717, 1.165) is 5.75 Å². The second-order valence-electron chi connectivity index (χ2n) is 3.37. The number of aromatic carboxylic acids is 1. The molecule has 1 aromatic heterocycles. The van der Waals surface area contributed by atoms with Crippen LogP contribution in [-0.2, 0) is 5.75 Å². The average molecular weight is 230 g/mol. The first-order chi connectivity index (χ1) is 7.15. The summed E-state index contributed by atoms with van der Waals surface area (Å²) in [6.45, 7) is 2.09. The van der Waals surface area contributed by atoms with Crippen LogP contribution in [-0.4, -0.2) is 28.5 Å². The van der Waals surface area contributed by atoms with E-state index in [-0.39, 0.29) is 18.1 Å². The summed E-state index contributed by atoms with van der Waals surface area (Å²) in [5.41, 5.74) is 0.221. The molecule has 0 bridgehead atoms. The van der Waals surface area contributed by atoms with Crippen molar-refractivity contribution >= 4 is 17.7 Å². The third-order valence-electron chi connectivity index (χ3n) is 1.92. The zero-order valence-corrected chi connectivity index (χ0v) is 9.29. The van der Waals surface area contributed by atoms with Crippen LogP contribution in [0.5, 0.6) is 0 Å². The monoisotopic (exact) mass is 230 g/mol. The van der Waals surface area contributed by atoms with Crippen molar-refractivity contribution in [1.29, 1.82) is 0 Å². The van der Waals surface area contributed by atoms with Gasteiger partial charge in [-0.25, -0.2) is 4.79 Å². The van der Waals surface area contributed by atoms with E-state index in [2.05, 4.69) is 0 Å². The second kappa shape index (κ2) is 5.82. The number of thioether (sulfide) groups is 1. The third-order valence-corrected chi connectivity index (χ3v) is 3.19. The van der Waals surface area contributed by atoms with Gasteiger partial charge in [0.2, 0.25) is 0 Å². The van der Waals surface area contributed by atoms with Crippen LogP contribution < -0.4 is 0 Å². The van der Waals surface area contributed by atoms with Crippen LogP contribution in [0, 0.1) is 5.92 Å². The molecular formula is C10H14O4S. The first-order valence-corrected chi connectivity index (χ1v) is 5.79. The predicted molar refractivity (Wildman–Crippen MR) is 58.1 cm³/mol. The summed E-state index contributed by atoms with van der Waals surface area (Å²) in [6.07, 6.45) is 1.38. The van der Waals surface area contributed by atoms with E-state index in [4.69, 9.17) is 14.6 Å². The lowest BCUT2D eigenvalue weighted by Gasteiger charge is -2.05. The quantitative estimate of drug-likeness (QED) is 0.780. The molecule has 4 nitrogen and oxygen atoms in total. The molecule has 0 saturated carbocycles. The summed E-state index contributed by atoms with van der Waals surface area (Å²) in [5.74, 6) is 1.06. The SMILES string of the molecule is CC(CO)CSCc1occc1C(=O)O. The Hall–Kier alpha value is -0.940. The minimum atomic E-state index is -0.963. The van der Waals surface area contributed by atoms with Crippen molar-refractivity contribution in [3.8, 4) is 0 Å². The maximum Gasteiger partial charge on any atom is 0.339 e. The molecule has 0 aromatic carbocycles. The first kappa shape index (κ1) is 12.1. The maximum atomic E-state index is 10.7. The van der Waals surface area contributed by atoms with Crippen molar-refractivity contribution in [2.45, 2.75) is 12.7 Å². The van der Waals surface area contributed by atoms with Crippen LogP contribution in [0.3, 0.4) is 0 Å². The van der Waals surface area contributed by atoms with Gasteiger partial charge in [-0.1, -0.05) is 6.92 Å². The van der Waals surface area contributed by atoms with Crippen LogP contribution in [0.4, 0.5) is 0 Å². The average Bonchev–Trinajstić information content (AvgIpc) is 2.65. The van der Waals surface area contributed by atoms with Crippen LogP contribution in [0.15, 0.2) is 16.7 Å². The zero-order chi connectivity index (χ0) is 11.3. The molecular weight excluding hydrogens is 216 g/mol. The second-order valence-corrected chi connectivity index (χ2v) is 4.40. The standard InChI is InChI=1S/C10H14O4S/c1-7(4-11)5-15-6-9-8(10(12)13)2-3-14-9/h2-3,7,11H,4-6H2,1H3,(H,12,13). The zero-order valence-electron chi connectivity index (χ0n) is 8.47. The highest BCUT2D eigenvalue weighted by Crippen LogP contribution is 2.19. The predicted octanol–water partition coefficient (Wildman–Crippen LogP) is 1.84. The van der Waals surface area contributed by atoms with Crippen LogP contribution in [0.25, 0.3) is 0 Å². The van der Waals surface area contributed by atoms with Crippen LogP contribution >= 0.6 is 11.8 Å². The van der Waals surface area contributed by atoms with Gasteiger partial charge in [0.1, 0.15) is 11.3 Å². The van der Waals surface area contributed by atoms with E-state index in [1.807, 2.05) is 6.92 Å². The molecule has 0 radical (unpaired) electrons. The summed E-state index contributed by atoms with van der Waals surface area (Å²) in [4.78, 5) is 10.7. The Labute approximate surface area is 92.3 Å². The minimum Gasteiger partial charge on any atom is -0.478 e. The van der Waals surface area contributed by atoms with Crippen molar-refractivity contribution < 1.29 is 19.4 Å². The molecule has 1 rings (SSSR count). The van der Waals surface area contributed by atoms with Crippen molar-refractivity contribution in [1.82, 2.24) is 0 Å². The normalized spacial score (nSPS) is 12.7. The fraction of sp³-hybridized carbons (Fsp3) is 0.500. The number of aliphatic hydroxyl groups excluding tert-OH is 1. The molecule has 0 fully saturated rings. The van der Waals surface area contributed by atoms with Gasteiger partial charge in [-0.05, 0) is 17.7 Å². The summed E-state index contributed by atoms with van der Waals surface area (Å²) in [5, 5.41) is 17.6. The van der Waals surface area contributed by atoms with E-state index < -0.39 is 5.97 Å². The molecule has 2 N–H and O–H groups in total. The molecule has 0 saturated heterocycles. The van der Waals surface area contributed by atoms with E-state index in [1.54, 1.807) is 11.8 Å². The molecule has 0 spiro atoms. The Morgan fingerprint density at radius 3 is 3.00 bits per heavy atom. The van der Waals surface area contributed by atoms with E-state index >= 15 is 0 Å². The number of rotatable bonds is 6. The van der Waals surface area contributed by atoms with Crippen molar-refractivity contribution in [3.63, 3.8) is 0 Å². The third kappa shape index (κ3) is 3.60. The van der Waals surface area contributed by atoms with Gasteiger partial charge in [-0.2, -0.15) is 11.8 Å². The van der Waals surface area contributed by atoms with Gasteiger partial charge in [-0.3, -0.25) is 0 Å². The van der Waals surface area contributed by atoms with E-state index in [0.29, 0.717) is 11.5 Å². The molecule has 5 heteroatoms. The Morgan fingerprint density at radius 1 is 1.67 bits per heavy atom. The number of carboxylic acids is 1. The molecule has 0 aliphatic rings. The highest BCUT2D eigenvalue weighted by molar-refractivity contribution is 7.98. The molecule has 0 amide bonds. The lowest BCUT2D eigenvalue weighted by atomic mass is 10.2. The first-order valence-electron chi connectivity index (χ1n) is 4.63. The lowest BCUT2D eigenvalue weighted by molar-refractivity contribution is 0.0695. The largest absolute Gasteiger partial charge is 0.478 e. The van der Waals surface area contributed by atoms with Crippen LogP contribution in [0.2, 0.25) is 0 Å². The summed E-state index contributed by atoms with van der Waals surface area (Å²) in [6, 6.07) is 1.45.